The zero-order valence-electron chi connectivity index (χ0n) is 23.1. The van der Waals surface area contributed by atoms with Gasteiger partial charge in [0, 0.05) is 50.2 Å². The van der Waals surface area contributed by atoms with Gasteiger partial charge in [0.2, 0.25) is 0 Å². The second-order valence-corrected chi connectivity index (χ2v) is 10.6. The normalized spacial score (nSPS) is 19.5. The Hall–Kier alpha value is -4.11. The highest BCUT2D eigenvalue weighted by molar-refractivity contribution is 5.90. The zero-order chi connectivity index (χ0) is 28.4. The first-order chi connectivity index (χ1) is 20.1. The van der Waals surface area contributed by atoms with Crippen molar-refractivity contribution in [3.63, 3.8) is 0 Å². The van der Waals surface area contributed by atoms with Crippen molar-refractivity contribution in [3.8, 4) is 0 Å². The molecule has 5 rings (SSSR count). The van der Waals surface area contributed by atoms with Crippen molar-refractivity contribution in [2.45, 2.75) is 38.1 Å². The van der Waals surface area contributed by atoms with Crippen LogP contribution in [-0.2, 0) is 17.8 Å². The number of anilines is 2. The summed E-state index contributed by atoms with van der Waals surface area (Å²) >= 11 is 0. The number of rotatable bonds is 12. The lowest BCUT2D eigenvalue weighted by molar-refractivity contribution is 0.0589. The lowest BCUT2D eigenvalue weighted by Crippen LogP contribution is -2.52. The fraction of sp³-hybridized carbons (Fsp3) is 0.387. The van der Waals surface area contributed by atoms with Crippen molar-refractivity contribution in [2.24, 2.45) is 5.11 Å². The number of nitrogens with zero attached hydrogens (tertiary/aromatic N) is 6. The highest BCUT2D eigenvalue weighted by atomic mass is 19.1. The van der Waals surface area contributed by atoms with Gasteiger partial charge in [0.1, 0.15) is 11.9 Å². The summed E-state index contributed by atoms with van der Waals surface area (Å²) in [6, 6.07) is 26.3. The number of hydrogen-bond donors (Lipinski definition) is 1. The van der Waals surface area contributed by atoms with E-state index in [4.69, 9.17) is 10.3 Å². The maximum absolute atomic E-state index is 15.0. The van der Waals surface area contributed by atoms with E-state index in [-0.39, 0.29) is 13.1 Å². The van der Waals surface area contributed by atoms with E-state index in [1.165, 1.54) is 22.1 Å². The van der Waals surface area contributed by atoms with Crippen molar-refractivity contribution >= 4 is 17.5 Å². The molecule has 3 aromatic carbocycles. The summed E-state index contributed by atoms with van der Waals surface area (Å²) in [7, 11) is 0. The molecule has 0 bridgehead atoms. The summed E-state index contributed by atoms with van der Waals surface area (Å²) in [6.07, 6.45) is 0.786. The van der Waals surface area contributed by atoms with E-state index in [0.717, 1.165) is 45.6 Å². The van der Waals surface area contributed by atoms with Gasteiger partial charge < -0.3 is 10.1 Å². The molecule has 1 amide bonds. The van der Waals surface area contributed by atoms with Crippen molar-refractivity contribution in [1.29, 1.82) is 0 Å². The van der Waals surface area contributed by atoms with Crippen LogP contribution in [0.25, 0.3) is 10.4 Å². The van der Waals surface area contributed by atoms with Crippen molar-refractivity contribution in [2.75, 3.05) is 49.5 Å². The maximum Gasteiger partial charge on any atom is 0.414 e. The maximum atomic E-state index is 15.0. The summed E-state index contributed by atoms with van der Waals surface area (Å²) in [5.41, 5.74) is 12.0. The summed E-state index contributed by atoms with van der Waals surface area (Å²) in [6.45, 7) is 5.83. The second kappa shape index (κ2) is 14.0. The Kier molecular flexibility index (Phi) is 9.69. The van der Waals surface area contributed by atoms with Gasteiger partial charge in [0.05, 0.1) is 24.5 Å². The molecule has 2 aliphatic rings. The number of hydrogen-bond acceptors (Lipinski definition) is 6. The van der Waals surface area contributed by atoms with Crippen LogP contribution in [0.15, 0.2) is 84.0 Å². The molecule has 0 aromatic heterocycles. The molecule has 41 heavy (non-hydrogen) atoms. The monoisotopic (exact) mass is 557 g/mol. The van der Waals surface area contributed by atoms with Crippen LogP contribution in [0.4, 0.5) is 20.6 Å². The molecule has 0 aliphatic carbocycles. The van der Waals surface area contributed by atoms with Gasteiger partial charge in [0.15, 0.2) is 0 Å². The second-order valence-electron chi connectivity index (χ2n) is 10.6. The molecule has 3 aromatic rings. The Morgan fingerprint density at radius 2 is 1.71 bits per heavy atom. The number of benzene rings is 3. The highest BCUT2D eigenvalue weighted by Crippen LogP contribution is 2.26. The summed E-state index contributed by atoms with van der Waals surface area (Å²) < 4.78 is 20.2. The van der Waals surface area contributed by atoms with Crippen LogP contribution in [0.2, 0.25) is 0 Å². The average Bonchev–Trinajstić information content (AvgIpc) is 3.37. The van der Waals surface area contributed by atoms with Crippen LogP contribution in [0.5, 0.6) is 0 Å². The Labute approximate surface area is 240 Å². The van der Waals surface area contributed by atoms with E-state index in [9.17, 15) is 9.18 Å². The smallest absolute Gasteiger partial charge is 0.414 e. The van der Waals surface area contributed by atoms with E-state index in [1.54, 1.807) is 12.1 Å². The van der Waals surface area contributed by atoms with E-state index in [2.05, 4.69) is 85.8 Å². The molecular formula is C31H36FN7O2. The number of carbonyl (C=O) groups excluding carboxylic acids is 1. The van der Waals surface area contributed by atoms with E-state index in [1.807, 2.05) is 0 Å². The first-order valence-corrected chi connectivity index (χ1v) is 14.2. The first kappa shape index (κ1) is 28.4. The zero-order valence-corrected chi connectivity index (χ0v) is 23.1. The molecule has 2 fully saturated rings. The predicted molar refractivity (Wildman–Crippen MR) is 158 cm³/mol. The van der Waals surface area contributed by atoms with Gasteiger partial charge in [-0.3, -0.25) is 14.7 Å². The minimum atomic E-state index is -0.572. The van der Waals surface area contributed by atoms with Crippen LogP contribution in [-0.4, -0.2) is 67.3 Å². The van der Waals surface area contributed by atoms with Crippen LogP contribution < -0.4 is 10.2 Å². The lowest BCUT2D eigenvalue weighted by atomic mass is 10.0. The van der Waals surface area contributed by atoms with Gasteiger partial charge in [-0.15, -0.1) is 0 Å². The molecule has 2 aliphatic heterocycles. The third kappa shape index (κ3) is 7.76. The molecule has 1 N–H and O–H groups in total. The largest absolute Gasteiger partial charge is 0.444 e. The van der Waals surface area contributed by atoms with E-state index in [0.29, 0.717) is 24.0 Å². The number of cyclic esters (lactones) is 1. The van der Waals surface area contributed by atoms with Crippen LogP contribution in [0.3, 0.4) is 0 Å². The first-order valence-electron chi connectivity index (χ1n) is 14.2. The number of carbonyl (C=O) groups is 1. The van der Waals surface area contributed by atoms with E-state index >= 15 is 0 Å². The SMILES string of the molecule is [N-]=[N+]=NC[C@H]1CN(c2ccc(NCCCC3CN(Cc4ccccc4)CCN3Cc3ccccc3)c(F)c2)C(=O)O1. The minimum absolute atomic E-state index is 0.0502. The third-order valence-corrected chi connectivity index (χ3v) is 7.68. The fourth-order valence-electron chi connectivity index (χ4n) is 5.57. The number of nitrogens with one attached hydrogen (secondary N) is 1. The number of azide groups is 1. The van der Waals surface area contributed by atoms with Crippen molar-refractivity contribution < 1.29 is 13.9 Å². The molecule has 1 unspecified atom stereocenters. The summed E-state index contributed by atoms with van der Waals surface area (Å²) in [4.78, 5) is 21.4. The number of ether oxygens (including phenoxy) is 1. The van der Waals surface area contributed by atoms with Crippen LogP contribution in [0, 0.1) is 5.82 Å². The van der Waals surface area contributed by atoms with Crippen molar-refractivity contribution in [1.82, 2.24) is 9.80 Å². The van der Waals surface area contributed by atoms with Gasteiger partial charge in [-0.05, 0) is 47.7 Å². The predicted octanol–water partition coefficient (Wildman–Crippen LogP) is 6.04. The quantitative estimate of drug-likeness (QED) is 0.127. The standard InChI is InChI=1S/C31H36FN7O2/c32-29-18-26(39-23-28(19-35-36-33)41-31(39)40)13-14-30(29)34-15-7-12-27-22-37(20-24-8-3-1-4-9-24)16-17-38(27)21-25-10-5-2-6-11-25/h1-6,8-11,13-14,18,27-28,34H,7,12,15-17,19-23H2/t27?,28-/m0/s1. The molecule has 10 heteroatoms. The molecular weight excluding hydrogens is 521 g/mol. The Morgan fingerprint density at radius 3 is 2.41 bits per heavy atom. The molecule has 0 saturated carbocycles. The van der Waals surface area contributed by atoms with Gasteiger partial charge in [0.25, 0.3) is 0 Å². The lowest BCUT2D eigenvalue weighted by Gasteiger charge is -2.42. The Balaban J connectivity index is 1.15. The van der Waals surface area contributed by atoms with Gasteiger partial charge in [-0.2, -0.15) is 0 Å². The average molecular weight is 558 g/mol. The van der Waals surface area contributed by atoms with Gasteiger partial charge in [-0.25, -0.2) is 9.18 Å². The number of amides is 1. The van der Waals surface area contributed by atoms with Crippen LogP contribution >= 0.6 is 0 Å². The summed E-state index contributed by atoms with van der Waals surface area (Å²) in [5.74, 6) is -0.425. The Bertz CT molecular complexity index is 1340. The van der Waals surface area contributed by atoms with E-state index < -0.39 is 18.0 Å². The Morgan fingerprint density at radius 1 is 0.976 bits per heavy atom. The molecule has 9 nitrogen and oxygen atoms in total. The number of halogens is 1. The summed E-state index contributed by atoms with van der Waals surface area (Å²) in [5, 5.41) is 6.70. The minimum Gasteiger partial charge on any atom is -0.444 e. The molecule has 214 valence electrons. The van der Waals surface area contributed by atoms with Gasteiger partial charge in [-0.1, -0.05) is 65.8 Å². The molecule has 0 spiro atoms. The third-order valence-electron chi connectivity index (χ3n) is 7.68. The fourth-order valence-corrected chi connectivity index (χ4v) is 5.57. The topological polar surface area (TPSA) is 96.8 Å². The van der Waals surface area contributed by atoms with Crippen LogP contribution in [0.1, 0.15) is 24.0 Å². The molecule has 2 saturated heterocycles. The highest BCUT2D eigenvalue weighted by Gasteiger charge is 2.32. The molecule has 2 heterocycles. The molecule has 2 atom stereocenters. The molecule has 0 radical (unpaired) electrons. The number of piperazine rings is 1. The van der Waals surface area contributed by atoms with Gasteiger partial charge >= 0.3 is 6.09 Å². The van der Waals surface area contributed by atoms with Crippen molar-refractivity contribution in [3.05, 3.63) is 106 Å².